The Kier molecular flexibility index (Phi) is 7.38. The smallest absolute Gasteiger partial charge is 0.227 e. The van der Waals surface area contributed by atoms with Crippen molar-refractivity contribution < 1.29 is 8.83 Å². The van der Waals surface area contributed by atoms with Crippen LogP contribution >= 0.6 is 0 Å². The highest BCUT2D eigenvalue weighted by Gasteiger charge is 2.22. The molecule has 3 aromatic heterocycles. The number of aromatic nitrogens is 4. The minimum absolute atomic E-state index is 0.575. The predicted octanol–water partition coefficient (Wildman–Crippen LogP) is 13.1. The number of oxazole rings is 1. The zero-order valence-electron chi connectivity index (χ0n) is 29.9. The third kappa shape index (κ3) is 5.35. The van der Waals surface area contributed by atoms with Gasteiger partial charge in [0, 0.05) is 33.2 Å². The second-order valence-electron chi connectivity index (χ2n) is 13.8. The van der Waals surface area contributed by atoms with Crippen LogP contribution in [0.4, 0.5) is 0 Å². The summed E-state index contributed by atoms with van der Waals surface area (Å²) in [5.74, 6) is 2.47. The van der Waals surface area contributed by atoms with Crippen molar-refractivity contribution in [1.29, 1.82) is 0 Å². The van der Waals surface area contributed by atoms with Crippen molar-refractivity contribution >= 4 is 43.8 Å². The lowest BCUT2D eigenvalue weighted by atomic mass is 9.91. The van der Waals surface area contributed by atoms with Crippen LogP contribution in [0.25, 0.3) is 112 Å². The molecule has 0 amide bonds. The van der Waals surface area contributed by atoms with Crippen LogP contribution < -0.4 is 0 Å². The van der Waals surface area contributed by atoms with Gasteiger partial charge in [0.05, 0.1) is 5.39 Å². The van der Waals surface area contributed by atoms with Crippen molar-refractivity contribution in [2.75, 3.05) is 0 Å². The number of benzene rings is 8. The van der Waals surface area contributed by atoms with Crippen LogP contribution in [0.15, 0.2) is 191 Å². The van der Waals surface area contributed by atoms with Gasteiger partial charge in [-0.1, -0.05) is 158 Å². The largest absolute Gasteiger partial charge is 0.456 e. The van der Waals surface area contributed by atoms with Crippen LogP contribution in [-0.2, 0) is 0 Å². The van der Waals surface area contributed by atoms with Gasteiger partial charge in [0.15, 0.2) is 23.1 Å². The van der Waals surface area contributed by atoms with Crippen LogP contribution in [0.3, 0.4) is 0 Å². The Morgan fingerprint density at radius 2 is 0.804 bits per heavy atom. The van der Waals surface area contributed by atoms with E-state index in [0.717, 1.165) is 88.3 Å². The Bertz CT molecular complexity index is 3170. The Hall–Kier alpha value is -7.70. The molecule has 262 valence electrons. The van der Waals surface area contributed by atoms with Crippen LogP contribution in [0, 0.1) is 0 Å². The molecule has 11 rings (SSSR count). The second kappa shape index (κ2) is 13.0. The number of rotatable bonds is 6. The number of nitrogens with zero attached hydrogens (tertiary/aromatic N) is 4. The molecule has 0 spiro atoms. The Balaban J connectivity index is 1.04. The van der Waals surface area contributed by atoms with E-state index in [1.165, 1.54) is 0 Å². The summed E-state index contributed by atoms with van der Waals surface area (Å²) in [7, 11) is 0. The van der Waals surface area contributed by atoms with Crippen molar-refractivity contribution in [3.63, 3.8) is 0 Å². The fourth-order valence-electron chi connectivity index (χ4n) is 7.71. The average molecular weight is 719 g/mol. The lowest BCUT2D eigenvalue weighted by Gasteiger charge is -2.13. The molecule has 0 bridgehead atoms. The van der Waals surface area contributed by atoms with E-state index in [4.69, 9.17) is 28.8 Å². The van der Waals surface area contributed by atoms with Crippen LogP contribution in [-0.4, -0.2) is 19.9 Å². The minimum atomic E-state index is 0.575. The Morgan fingerprint density at radius 3 is 1.43 bits per heavy atom. The molecular weight excluding hydrogens is 689 g/mol. The molecular formula is C50H30N4O2. The Morgan fingerprint density at radius 1 is 0.321 bits per heavy atom. The quantitative estimate of drug-likeness (QED) is 0.170. The summed E-state index contributed by atoms with van der Waals surface area (Å²) in [5.41, 5.74) is 11.0. The first kappa shape index (κ1) is 31.8. The van der Waals surface area contributed by atoms with E-state index < -0.39 is 0 Å². The zero-order valence-corrected chi connectivity index (χ0v) is 29.9. The summed E-state index contributed by atoms with van der Waals surface area (Å²) in [6.45, 7) is 0. The molecule has 8 aromatic carbocycles. The van der Waals surface area contributed by atoms with Gasteiger partial charge < -0.3 is 8.83 Å². The van der Waals surface area contributed by atoms with Gasteiger partial charge in [0.25, 0.3) is 0 Å². The summed E-state index contributed by atoms with van der Waals surface area (Å²) in [4.78, 5) is 19.8. The van der Waals surface area contributed by atoms with E-state index >= 15 is 0 Å². The third-order valence-corrected chi connectivity index (χ3v) is 10.4. The van der Waals surface area contributed by atoms with Crippen molar-refractivity contribution in [2.24, 2.45) is 0 Å². The summed E-state index contributed by atoms with van der Waals surface area (Å²) in [5, 5.41) is 4.19. The number of fused-ring (bicyclic) bond motifs is 6. The molecule has 0 saturated carbocycles. The van der Waals surface area contributed by atoms with Crippen LogP contribution in [0.2, 0.25) is 0 Å². The molecule has 0 aliphatic carbocycles. The van der Waals surface area contributed by atoms with E-state index in [1.54, 1.807) is 0 Å². The van der Waals surface area contributed by atoms with E-state index in [9.17, 15) is 0 Å². The number of hydrogen-bond donors (Lipinski definition) is 0. The molecule has 6 heteroatoms. The molecule has 0 N–H and O–H groups in total. The van der Waals surface area contributed by atoms with Crippen LogP contribution in [0.1, 0.15) is 0 Å². The van der Waals surface area contributed by atoms with Crippen molar-refractivity contribution in [1.82, 2.24) is 19.9 Å². The monoisotopic (exact) mass is 718 g/mol. The van der Waals surface area contributed by atoms with Gasteiger partial charge in [-0.25, -0.2) is 19.9 Å². The van der Waals surface area contributed by atoms with Gasteiger partial charge in [-0.3, -0.25) is 0 Å². The first-order valence-corrected chi connectivity index (χ1v) is 18.6. The lowest BCUT2D eigenvalue weighted by molar-refractivity contribution is 0.620. The molecule has 6 nitrogen and oxygen atoms in total. The first-order chi connectivity index (χ1) is 27.7. The SMILES string of the molecule is c1ccc(-c2nc(-c3ccccc3)nc(-c3ccc(-c4ccc(-c5cc6oc7ccccc7c6c6nc(-c7ccccc7)oc56)c5ccccc45)cc3)n2)cc1. The van der Waals surface area contributed by atoms with E-state index in [2.05, 4.69) is 72.8 Å². The van der Waals surface area contributed by atoms with Crippen LogP contribution in [0.5, 0.6) is 0 Å². The van der Waals surface area contributed by atoms with Crippen molar-refractivity contribution in [2.45, 2.75) is 0 Å². The molecule has 0 fully saturated rings. The summed E-state index contributed by atoms with van der Waals surface area (Å²) >= 11 is 0. The lowest BCUT2D eigenvalue weighted by Crippen LogP contribution is -2.00. The number of para-hydroxylation sites is 1. The van der Waals surface area contributed by atoms with Gasteiger partial charge in [-0.05, 0) is 51.7 Å². The van der Waals surface area contributed by atoms with Crippen molar-refractivity contribution in [3.05, 3.63) is 182 Å². The molecule has 0 aliphatic heterocycles. The molecule has 0 saturated heterocycles. The molecule has 0 radical (unpaired) electrons. The van der Waals surface area contributed by atoms with E-state index in [-0.39, 0.29) is 0 Å². The Labute approximate surface area is 321 Å². The normalized spacial score (nSPS) is 11.6. The minimum Gasteiger partial charge on any atom is -0.456 e. The molecule has 3 heterocycles. The first-order valence-electron chi connectivity index (χ1n) is 18.6. The molecule has 0 unspecified atom stereocenters. The highest BCUT2D eigenvalue weighted by molar-refractivity contribution is 6.21. The average Bonchev–Trinajstić information content (AvgIpc) is 3.89. The molecule has 11 aromatic rings. The summed E-state index contributed by atoms with van der Waals surface area (Å²) < 4.78 is 13.1. The number of furan rings is 1. The summed E-state index contributed by atoms with van der Waals surface area (Å²) in [6.07, 6.45) is 0. The molecule has 56 heavy (non-hydrogen) atoms. The highest BCUT2D eigenvalue weighted by atomic mass is 16.4. The maximum absolute atomic E-state index is 6.69. The highest BCUT2D eigenvalue weighted by Crippen LogP contribution is 2.44. The fraction of sp³-hybridized carbons (Fsp3) is 0. The standard InChI is InChI=1S/C50H30N4O2/c1-4-14-32(15-5-1)47-52-48(33-16-6-2-7-17-33)54-49(53-47)34-26-24-31(25-27-34)36-28-29-39(38-21-11-10-20-37(36)38)41-30-43-44(40-22-12-13-23-42(40)55-43)45-46(41)56-50(51-45)35-18-8-3-9-19-35/h1-30H. The maximum atomic E-state index is 6.69. The number of hydrogen-bond acceptors (Lipinski definition) is 6. The summed E-state index contributed by atoms with van der Waals surface area (Å²) in [6, 6.07) is 61.7. The van der Waals surface area contributed by atoms with Crippen molar-refractivity contribution in [3.8, 4) is 67.9 Å². The third-order valence-electron chi connectivity index (χ3n) is 10.4. The second-order valence-corrected chi connectivity index (χ2v) is 13.8. The predicted molar refractivity (Wildman–Crippen MR) is 225 cm³/mol. The van der Waals surface area contributed by atoms with Gasteiger partial charge in [0.2, 0.25) is 5.89 Å². The molecule has 0 aliphatic rings. The van der Waals surface area contributed by atoms with Gasteiger partial charge in [0.1, 0.15) is 16.7 Å². The topological polar surface area (TPSA) is 77.8 Å². The fourth-order valence-corrected chi connectivity index (χ4v) is 7.71. The molecule has 0 atom stereocenters. The van der Waals surface area contributed by atoms with Gasteiger partial charge in [-0.15, -0.1) is 0 Å². The maximum Gasteiger partial charge on any atom is 0.227 e. The van der Waals surface area contributed by atoms with E-state index in [0.29, 0.717) is 23.4 Å². The van der Waals surface area contributed by atoms with E-state index in [1.807, 2.05) is 109 Å². The van der Waals surface area contributed by atoms with Gasteiger partial charge >= 0.3 is 0 Å². The van der Waals surface area contributed by atoms with Gasteiger partial charge in [-0.2, -0.15) is 0 Å². The zero-order chi connectivity index (χ0) is 37.0.